The molecular formula is C16H25BrN2O. The van der Waals surface area contributed by atoms with E-state index in [1.54, 1.807) is 0 Å². The van der Waals surface area contributed by atoms with E-state index in [-0.39, 0.29) is 24.3 Å². The fraction of sp³-hybridized carbons (Fsp3) is 0.625. The van der Waals surface area contributed by atoms with Crippen LogP contribution >= 0.6 is 15.9 Å². The van der Waals surface area contributed by atoms with Crippen LogP contribution in [0.3, 0.4) is 0 Å². The lowest BCUT2D eigenvalue weighted by atomic mass is 9.95. The average molecular weight is 341 g/mol. The van der Waals surface area contributed by atoms with Crippen molar-refractivity contribution >= 4 is 15.9 Å². The molecule has 2 N–H and O–H groups in total. The second kappa shape index (κ2) is 7.03. The summed E-state index contributed by atoms with van der Waals surface area (Å²) in [5, 5.41) is 0. The Morgan fingerprint density at radius 1 is 1.25 bits per heavy atom. The number of nitrogens with zero attached hydrogens (tertiary/aromatic N) is 1. The molecule has 0 amide bonds. The SMILES string of the molecule is CCC(N)C(c1ccc(Br)cc1)N1C[C@@H](C)O[C@@H](C)C1. The summed E-state index contributed by atoms with van der Waals surface area (Å²) in [5.41, 5.74) is 7.71. The standard InChI is InChI=1S/C16H25BrN2O/c1-4-15(18)16(13-5-7-14(17)8-6-13)19-9-11(2)20-12(3)10-19/h5-8,11-12,15-16H,4,9-10,18H2,1-3H3/t11-,12+,15?,16?. The van der Waals surface area contributed by atoms with Crippen LogP contribution in [0.25, 0.3) is 0 Å². The van der Waals surface area contributed by atoms with Crippen LogP contribution < -0.4 is 5.73 Å². The van der Waals surface area contributed by atoms with Crippen LogP contribution in [0.4, 0.5) is 0 Å². The average Bonchev–Trinajstić information content (AvgIpc) is 2.40. The van der Waals surface area contributed by atoms with Crippen LogP contribution in [0.1, 0.15) is 38.8 Å². The third kappa shape index (κ3) is 3.82. The molecule has 4 heteroatoms. The van der Waals surface area contributed by atoms with Gasteiger partial charge in [0, 0.05) is 23.6 Å². The zero-order chi connectivity index (χ0) is 14.7. The van der Waals surface area contributed by atoms with Crippen molar-refractivity contribution in [2.24, 2.45) is 5.73 Å². The summed E-state index contributed by atoms with van der Waals surface area (Å²) in [4.78, 5) is 2.48. The molecule has 112 valence electrons. The minimum Gasteiger partial charge on any atom is -0.373 e. The van der Waals surface area contributed by atoms with Gasteiger partial charge >= 0.3 is 0 Å². The van der Waals surface area contributed by atoms with Gasteiger partial charge in [-0.25, -0.2) is 0 Å². The first kappa shape index (κ1) is 16.0. The van der Waals surface area contributed by atoms with E-state index >= 15 is 0 Å². The highest BCUT2D eigenvalue weighted by Crippen LogP contribution is 2.29. The van der Waals surface area contributed by atoms with E-state index in [0.29, 0.717) is 0 Å². The van der Waals surface area contributed by atoms with E-state index < -0.39 is 0 Å². The molecule has 20 heavy (non-hydrogen) atoms. The van der Waals surface area contributed by atoms with Crippen molar-refractivity contribution in [1.82, 2.24) is 4.90 Å². The lowest BCUT2D eigenvalue weighted by molar-refractivity contribution is -0.0838. The maximum Gasteiger partial charge on any atom is 0.0678 e. The van der Waals surface area contributed by atoms with Gasteiger partial charge in [-0.1, -0.05) is 35.0 Å². The lowest BCUT2D eigenvalue weighted by Crippen LogP contribution is -2.51. The number of halogens is 1. The van der Waals surface area contributed by atoms with Crippen molar-refractivity contribution in [3.05, 3.63) is 34.3 Å². The molecule has 1 aromatic rings. The van der Waals surface area contributed by atoms with Crippen molar-refractivity contribution in [2.45, 2.75) is 51.5 Å². The normalized spacial score (nSPS) is 27.2. The van der Waals surface area contributed by atoms with Gasteiger partial charge in [-0.3, -0.25) is 4.90 Å². The number of hydrogen-bond donors (Lipinski definition) is 1. The van der Waals surface area contributed by atoms with Crippen LogP contribution in [-0.2, 0) is 4.74 Å². The number of nitrogens with two attached hydrogens (primary N) is 1. The van der Waals surface area contributed by atoms with Crippen LogP contribution in [0.15, 0.2) is 28.7 Å². The molecule has 1 saturated heterocycles. The van der Waals surface area contributed by atoms with Gasteiger partial charge in [-0.15, -0.1) is 0 Å². The molecule has 1 aliphatic heterocycles. The van der Waals surface area contributed by atoms with Crippen LogP contribution in [0, 0.1) is 0 Å². The van der Waals surface area contributed by atoms with Crippen molar-refractivity contribution in [3.8, 4) is 0 Å². The van der Waals surface area contributed by atoms with E-state index in [4.69, 9.17) is 10.5 Å². The fourth-order valence-corrected chi connectivity index (χ4v) is 3.32. The van der Waals surface area contributed by atoms with Gasteiger partial charge in [-0.2, -0.15) is 0 Å². The first-order valence-corrected chi connectivity index (χ1v) is 8.21. The van der Waals surface area contributed by atoms with E-state index in [1.165, 1.54) is 5.56 Å². The Kier molecular flexibility index (Phi) is 5.61. The Morgan fingerprint density at radius 2 is 1.80 bits per heavy atom. The summed E-state index contributed by atoms with van der Waals surface area (Å²) >= 11 is 3.50. The van der Waals surface area contributed by atoms with E-state index in [9.17, 15) is 0 Å². The third-order valence-corrected chi connectivity index (χ3v) is 4.46. The maximum absolute atomic E-state index is 6.41. The van der Waals surface area contributed by atoms with Crippen LogP contribution in [0.2, 0.25) is 0 Å². The molecule has 1 heterocycles. The lowest BCUT2D eigenvalue weighted by Gasteiger charge is -2.42. The van der Waals surface area contributed by atoms with Gasteiger partial charge in [0.1, 0.15) is 0 Å². The van der Waals surface area contributed by atoms with Gasteiger partial charge in [0.2, 0.25) is 0 Å². The molecule has 0 bridgehead atoms. The number of ether oxygens (including phenoxy) is 1. The van der Waals surface area contributed by atoms with Gasteiger partial charge < -0.3 is 10.5 Å². The molecular weight excluding hydrogens is 316 g/mol. The zero-order valence-corrected chi connectivity index (χ0v) is 14.1. The molecule has 0 radical (unpaired) electrons. The van der Waals surface area contributed by atoms with Gasteiger partial charge in [0.15, 0.2) is 0 Å². The molecule has 3 nitrogen and oxygen atoms in total. The second-order valence-corrected chi connectivity index (χ2v) is 6.70. The topological polar surface area (TPSA) is 38.5 Å². The second-order valence-electron chi connectivity index (χ2n) is 5.78. The quantitative estimate of drug-likeness (QED) is 0.913. The van der Waals surface area contributed by atoms with Crippen LogP contribution in [-0.4, -0.2) is 36.2 Å². The fourth-order valence-electron chi connectivity index (χ4n) is 3.06. The Morgan fingerprint density at radius 3 is 2.30 bits per heavy atom. The molecule has 0 spiro atoms. The summed E-state index contributed by atoms with van der Waals surface area (Å²) in [7, 11) is 0. The number of morpholine rings is 1. The first-order chi connectivity index (χ1) is 9.51. The summed E-state index contributed by atoms with van der Waals surface area (Å²) < 4.78 is 6.95. The monoisotopic (exact) mass is 340 g/mol. The summed E-state index contributed by atoms with van der Waals surface area (Å²) in [5.74, 6) is 0. The van der Waals surface area contributed by atoms with E-state index in [0.717, 1.165) is 24.0 Å². The number of rotatable bonds is 4. The minimum absolute atomic E-state index is 0.147. The highest BCUT2D eigenvalue weighted by atomic mass is 79.9. The molecule has 1 aliphatic rings. The highest BCUT2D eigenvalue weighted by Gasteiger charge is 2.31. The van der Waals surface area contributed by atoms with Crippen molar-refractivity contribution in [2.75, 3.05) is 13.1 Å². The Hall–Kier alpha value is -0.420. The molecule has 0 aliphatic carbocycles. The van der Waals surface area contributed by atoms with Crippen LogP contribution in [0.5, 0.6) is 0 Å². The largest absolute Gasteiger partial charge is 0.373 e. The van der Waals surface area contributed by atoms with E-state index in [2.05, 4.69) is 65.9 Å². The predicted molar refractivity (Wildman–Crippen MR) is 86.7 cm³/mol. The van der Waals surface area contributed by atoms with Crippen molar-refractivity contribution in [3.63, 3.8) is 0 Å². The minimum atomic E-state index is 0.147. The van der Waals surface area contributed by atoms with Crippen molar-refractivity contribution < 1.29 is 4.74 Å². The van der Waals surface area contributed by atoms with Gasteiger partial charge in [0.05, 0.1) is 18.2 Å². The van der Waals surface area contributed by atoms with E-state index in [1.807, 2.05) is 0 Å². The summed E-state index contributed by atoms with van der Waals surface area (Å²) in [6.07, 6.45) is 1.50. The van der Waals surface area contributed by atoms with Gasteiger partial charge in [0.25, 0.3) is 0 Å². The molecule has 0 aromatic heterocycles. The smallest absolute Gasteiger partial charge is 0.0678 e. The van der Waals surface area contributed by atoms with Crippen molar-refractivity contribution in [1.29, 1.82) is 0 Å². The first-order valence-electron chi connectivity index (χ1n) is 7.41. The summed E-state index contributed by atoms with van der Waals surface area (Å²) in [6, 6.07) is 8.95. The van der Waals surface area contributed by atoms with Gasteiger partial charge in [-0.05, 0) is 38.0 Å². The summed E-state index contributed by atoms with van der Waals surface area (Å²) in [6.45, 7) is 8.32. The zero-order valence-electron chi connectivity index (χ0n) is 12.6. The Bertz CT molecular complexity index is 413. The molecule has 2 unspecified atom stereocenters. The predicted octanol–water partition coefficient (Wildman–Crippen LogP) is 3.34. The molecule has 2 rings (SSSR count). The molecule has 1 aromatic carbocycles. The molecule has 4 atom stereocenters. The molecule has 1 fully saturated rings. The maximum atomic E-state index is 6.41. The third-order valence-electron chi connectivity index (χ3n) is 3.93. The number of hydrogen-bond acceptors (Lipinski definition) is 3. The number of benzene rings is 1. The Labute approximate surface area is 130 Å². The highest BCUT2D eigenvalue weighted by molar-refractivity contribution is 9.10. The molecule has 0 saturated carbocycles. The Balaban J connectivity index is 2.25.